The number of aromatic carboxylic acids is 1. The first-order valence-corrected chi connectivity index (χ1v) is 6.30. The van der Waals surface area contributed by atoms with Crippen molar-refractivity contribution in [1.82, 2.24) is 9.88 Å². The number of hydrogen-bond acceptors (Lipinski definition) is 3. The van der Waals surface area contributed by atoms with Crippen molar-refractivity contribution in [1.29, 1.82) is 0 Å². The molecule has 0 radical (unpaired) electrons. The first kappa shape index (κ1) is 14.5. The van der Waals surface area contributed by atoms with E-state index in [0.29, 0.717) is 12.2 Å². The molecule has 0 saturated carbocycles. The molecule has 0 saturated heterocycles. The molecule has 108 valence electrons. The number of hydrogen-bond donors (Lipinski definition) is 2. The minimum absolute atomic E-state index is 0.129. The molecule has 2 aromatic rings. The number of nitrogens with zero attached hydrogens (tertiary/aromatic N) is 2. The van der Waals surface area contributed by atoms with E-state index in [1.54, 1.807) is 31.6 Å². The normalized spacial score (nSPS) is 9.95. The second-order valence-electron chi connectivity index (χ2n) is 4.53. The zero-order chi connectivity index (χ0) is 15.2. The van der Waals surface area contributed by atoms with Crippen LogP contribution in [-0.2, 0) is 6.54 Å². The summed E-state index contributed by atoms with van der Waals surface area (Å²) in [6.07, 6.45) is 3.33. The zero-order valence-corrected chi connectivity index (χ0v) is 11.5. The van der Waals surface area contributed by atoms with E-state index in [0.717, 1.165) is 5.56 Å². The van der Waals surface area contributed by atoms with E-state index in [1.165, 1.54) is 17.0 Å². The van der Waals surface area contributed by atoms with Crippen molar-refractivity contribution in [3.05, 3.63) is 59.9 Å². The summed E-state index contributed by atoms with van der Waals surface area (Å²) in [6.45, 7) is 0.437. The summed E-state index contributed by atoms with van der Waals surface area (Å²) in [5.41, 5.74) is 1.54. The number of benzene rings is 1. The molecule has 6 heteroatoms. The molecule has 2 amide bonds. The molecular formula is C15H15N3O3. The van der Waals surface area contributed by atoms with Crippen molar-refractivity contribution in [3.63, 3.8) is 0 Å². The minimum atomic E-state index is -1.03. The Hall–Kier alpha value is -2.89. The molecule has 6 nitrogen and oxygen atoms in total. The molecule has 2 rings (SSSR count). The fraction of sp³-hybridized carbons (Fsp3) is 0.133. The molecular weight excluding hydrogens is 270 g/mol. The number of urea groups is 1. The Morgan fingerprint density at radius 3 is 2.62 bits per heavy atom. The van der Waals surface area contributed by atoms with Crippen LogP contribution in [0.1, 0.15) is 15.9 Å². The van der Waals surface area contributed by atoms with Crippen LogP contribution in [0.25, 0.3) is 0 Å². The van der Waals surface area contributed by atoms with E-state index in [2.05, 4.69) is 10.3 Å². The number of carboxylic acids is 1. The number of amides is 2. The topological polar surface area (TPSA) is 82.5 Å². The largest absolute Gasteiger partial charge is 0.478 e. The first-order valence-electron chi connectivity index (χ1n) is 6.30. The number of nitrogens with one attached hydrogen (secondary N) is 1. The Kier molecular flexibility index (Phi) is 4.50. The predicted molar refractivity (Wildman–Crippen MR) is 78.1 cm³/mol. The molecule has 0 aliphatic carbocycles. The lowest BCUT2D eigenvalue weighted by atomic mass is 10.2. The van der Waals surface area contributed by atoms with Gasteiger partial charge >= 0.3 is 12.0 Å². The van der Waals surface area contributed by atoms with Crippen LogP contribution >= 0.6 is 0 Å². The van der Waals surface area contributed by atoms with Gasteiger partial charge in [-0.25, -0.2) is 9.59 Å². The SMILES string of the molecule is CN(Cc1ccncc1)C(=O)Nc1cccc(C(=O)O)c1. The van der Waals surface area contributed by atoms with Gasteiger partial charge in [0.1, 0.15) is 0 Å². The lowest BCUT2D eigenvalue weighted by Crippen LogP contribution is -2.30. The van der Waals surface area contributed by atoms with E-state index >= 15 is 0 Å². The first-order chi connectivity index (χ1) is 10.1. The van der Waals surface area contributed by atoms with Gasteiger partial charge in [0, 0.05) is 31.7 Å². The van der Waals surface area contributed by atoms with Crippen molar-refractivity contribution in [2.45, 2.75) is 6.54 Å². The summed E-state index contributed by atoms with van der Waals surface area (Å²) >= 11 is 0. The van der Waals surface area contributed by atoms with E-state index in [1.807, 2.05) is 12.1 Å². The summed E-state index contributed by atoms with van der Waals surface area (Å²) in [5, 5.41) is 11.6. The van der Waals surface area contributed by atoms with Gasteiger partial charge in [0.25, 0.3) is 0 Å². The fourth-order valence-electron chi connectivity index (χ4n) is 1.78. The van der Waals surface area contributed by atoms with Crippen LogP contribution in [0.4, 0.5) is 10.5 Å². The average molecular weight is 285 g/mol. The quantitative estimate of drug-likeness (QED) is 0.904. The van der Waals surface area contributed by atoms with Gasteiger partial charge in [-0.1, -0.05) is 6.07 Å². The number of carbonyl (C=O) groups excluding carboxylic acids is 1. The maximum absolute atomic E-state index is 12.0. The molecule has 0 fully saturated rings. The van der Waals surface area contributed by atoms with Crippen LogP contribution in [0.5, 0.6) is 0 Å². The Labute approximate surface area is 122 Å². The standard InChI is InChI=1S/C15H15N3O3/c1-18(10-11-5-7-16-8-6-11)15(21)17-13-4-2-3-12(9-13)14(19)20/h2-9H,10H2,1H3,(H,17,21)(H,19,20). The molecule has 0 atom stereocenters. The number of carbonyl (C=O) groups is 2. The van der Waals surface area contributed by atoms with Gasteiger partial charge in [0.15, 0.2) is 0 Å². The van der Waals surface area contributed by atoms with Gasteiger partial charge in [-0.2, -0.15) is 0 Å². The van der Waals surface area contributed by atoms with Gasteiger partial charge in [0.05, 0.1) is 5.56 Å². The third-order valence-electron chi connectivity index (χ3n) is 2.88. The predicted octanol–water partition coefficient (Wildman–Crippen LogP) is 2.44. The molecule has 1 aromatic heterocycles. The third kappa shape index (κ3) is 4.04. The highest BCUT2D eigenvalue weighted by Gasteiger charge is 2.10. The van der Waals surface area contributed by atoms with Crippen LogP contribution < -0.4 is 5.32 Å². The third-order valence-corrected chi connectivity index (χ3v) is 2.88. The van der Waals surface area contributed by atoms with Crippen LogP contribution in [0.3, 0.4) is 0 Å². The molecule has 0 unspecified atom stereocenters. The molecule has 1 heterocycles. The van der Waals surface area contributed by atoms with Crippen LogP contribution in [0.2, 0.25) is 0 Å². The van der Waals surface area contributed by atoms with Crippen LogP contribution in [0, 0.1) is 0 Å². The van der Waals surface area contributed by atoms with Crippen molar-refractivity contribution < 1.29 is 14.7 Å². The van der Waals surface area contributed by atoms with Crippen molar-refractivity contribution in [3.8, 4) is 0 Å². The van der Waals surface area contributed by atoms with Crippen LogP contribution in [-0.4, -0.2) is 34.0 Å². The van der Waals surface area contributed by atoms with Gasteiger partial charge < -0.3 is 15.3 Å². The zero-order valence-electron chi connectivity index (χ0n) is 11.5. The van der Waals surface area contributed by atoms with E-state index in [-0.39, 0.29) is 11.6 Å². The van der Waals surface area contributed by atoms with Gasteiger partial charge in [-0.05, 0) is 35.9 Å². The number of pyridine rings is 1. The highest BCUT2D eigenvalue weighted by molar-refractivity contribution is 5.93. The summed E-state index contributed by atoms with van der Waals surface area (Å²) in [6, 6.07) is 9.46. The molecule has 0 spiro atoms. The van der Waals surface area contributed by atoms with E-state index < -0.39 is 5.97 Å². The van der Waals surface area contributed by atoms with Crippen molar-refractivity contribution >= 4 is 17.7 Å². The number of anilines is 1. The molecule has 2 N–H and O–H groups in total. The lowest BCUT2D eigenvalue weighted by molar-refractivity contribution is 0.0697. The number of carboxylic acid groups (broad SMARTS) is 1. The number of rotatable bonds is 4. The van der Waals surface area contributed by atoms with Crippen LogP contribution in [0.15, 0.2) is 48.8 Å². The second kappa shape index (κ2) is 6.51. The molecule has 0 bridgehead atoms. The van der Waals surface area contributed by atoms with Gasteiger partial charge in [-0.3, -0.25) is 4.98 Å². The Morgan fingerprint density at radius 1 is 1.24 bits per heavy atom. The van der Waals surface area contributed by atoms with E-state index in [4.69, 9.17) is 5.11 Å². The molecule has 0 aliphatic rings. The highest BCUT2D eigenvalue weighted by Crippen LogP contribution is 2.12. The van der Waals surface area contributed by atoms with E-state index in [9.17, 15) is 9.59 Å². The van der Waals surface area contributed by atoms with Gasteiger partial charge in [0.2, 0.25) is 0 Å². The monoisotopic (exact) mass is 285 g/mol. The maximum atomic E-state index is 12.0. The van der Waals surface area contributed by atoms with Crippen molar-refractivity contribution in [2.75, 3.05) is 12.4 Å². The highest BCUT2D eigenvalue weighted by atomic mass is 16.4. The summed E-state index contributed by atoms with van der Waals surface area (Å²) in [5.74, 6) is -1.03. The van der Waals surface area contributed by atoms with Gasteiger partial charge in [-0.15, -0.1) is 0 Å². The summed E-state index contributed by atoms with van der Waals surface area (Å²) < 4.78 is 0. The fourth-order valence-corrected chi connectivity index (χ4v) is 1.78. The summed E-state index contributed by atoms with van der Waals surface area (Å²) in [4.78, 5) is 28.4. The Morgan fingerprint density at radius 2 is 1.95 bits per heavy atom. The Bertz CT molecular complexity index is 644. The average Bonchev–Trinajstić information content (AvgIpc) is 2.48. The maximum Gasteiger partial charge on any atom is 0.335 e. The molecule has 0 aliphatic heterocycles. The summed E-state index contributed by atoms with van der Waals surface area (Å²) in [7, 11) is 1.66. The van der Waals surface area contributed by atoms with Crippen molar-refractivity contribution in [2.24, 2.45) is 0 Å². The number of aromatic nitrogens is 1. The minimum Gasteiger partial charge on any atom is -0.478 e. The Balaban J connectivity index is 2.00. The lowest BCUT2D eigenvalue weighted by Gasteiger charge is -2.18. The second-order valence-corrected chi connectivity index (χ2v) is 4.53. The molecule has 1 aromatic carbocycles. The smallest absolute Gasteiger partial charge is 0.335 e. The molecule has 21 heavy (non-hydrogen) atoms.